The monoisotopic (exact) mass is 242 g/mol. The molecule has 1 heterocycles. The van der Waals surface area contributed by atoms with Gasteiger partial charge in [0, 0.05) is 0 Å². The van der Waals surface area contributed by atoms with Gasteiger partial charge >= 0.3 is 5.97 Å². The Morgan fingerprint density at radius 3 is 2.59 bits per heavy atom. The average molecular weight is 242 g/mol. The largest absolute Gasteiger partial charge is 0.480 e. The summed E-state index contributed by atoms with van der Waals surface area (Å²) in [6.07, 6.45) is 1.10. The Bertz CT molecular complexity index is 351. The number of nitrogens with zero attached hydrogens (tertiary/aromatic N) is 1. The van der Waals surface area contributed by atoms with Gasteiger partial charge in [0.1, 0.15) is 6.04 Å². The summed E-state index contributed by atoms with van der Waals surface area (Å²) in [6.45, 7) is 5.06. The van der Waals surface area contributed by atoms with Crippen LogP contribution < -0.4 is 5.32 Å². The molecule has 1 atom stereocenters. The van der Waals surface area contributed by atoms with E-state index in [1.54, 1.807) is 13.8 Å². The fraction of sp³-hybridized carbons (Fsp3) is 0.727. The zero-order valence-electron chi connectivity index (χ0n) is 10.3. The first-order valence-electron chi connectivity index (χ1n) is 5.64. The predicted molar refractivity (Wildman–Crippen MR) is 60.3 cm³/mol. The van der Waals surface area contributed by atoms with E-state index in [1.165, 1.54) is 4.90 Å². The minimum atomic E-state index is -0.998. The van der Waals surface area contributed by atoms with Crippen molar-refractivity contribution in [2.45, 2.75) is 45.2 Å². The molecule has 0 saturated carbocycles. The van der Waals surface area contributed by atoms with Crippen LogP contribution in [0.1, 0.15) is 33.6 Å². The SMILES string of the molecule is CCCC(C(=O)O)N1CC(=O)NC(=O)C1(C)C. The van der Waals surface area contributed by atoms with Gasteiger partial charge in [-0.3, -0.25) is 24.6 Å². The molecule has 1 rings (SSSR count). The summed E-state index contributed by atoms with van der Waals surface area (Å²) in [4.78, 5) is 35.7. The van der Waals surface area contributed by atoms with Crippen molar-refractivity contribution in [2.75, 3.05) is 6.54 Å². The molecular formula is C11H18N2O4. The molecule has 0 bridgehead atoms. The van der Waals surface area contributed by atoms with Crippen LogP contribution in [0.25, 0.3) is 0 Å². The normalized spacial score (nSPS) is 22.1. The third kappa shape index (κ3) is 2.63. The quantitative estimate of drug-likeness (QED) is 0.676. The maximum Gasteiger partial charge on any atom is 0.320 e. The molecule has 6 nitrogen and oxygen atoms in total. The van der Waals surface area contributed by atoms with E-state index in [0.29, 0.717) is 12.8 Å². The molecule has 1 saturated heterocycles. The van der Waals surface area contributed by atoms with Gasteiger partial charge < -0.3 is 5.11 Å². The Balaban J connectivity index is 3.01. The lowest BCUT2D eigenvalue weighted by Gasteiger charge is -2.43. The van der Waals surface area contributed by atoms with Crippen molar-refractivity contribution in [3.63, 3.8) is 0 Å². The number of hydrogen-bond acceptors (Lipinski definition) is 4. The minimum Gasteiger partial charge on any atom is -0.480 e. The third-order valence-electron chi connectivity index (χ3n) is 3.06. The third-order valence-corrected chi connectivity index (χ3v) is 3.06. The highest BCUT2D eigenvalue weighted by Crippen LogP contribution is 2.23. The van der Waals surface area contributed by atoms with Gasteiger partial charge in [-0.15, -0.1) is 0 Å². The second-order valence-electron chi connectivity index (χ2n) is 4.71. The first-order valence-corrected chi connectivity index (χ1v) is 5.64. The summed E-state index contributed by atoms with van der Waals surface area (Å²) in [5, 5.41) is 11.4. The second-order valence-corrected chi connectivity index (χ2v) is 4.71. The zero-order chi connectivity index (χ0) is 13.2. The fourth-order valence-electron chi connectivity index (χ4n) is 1.99. The molecule has 2 N–H and O–H groups in total. The number of carbonyl (C=O) groups is 3. The van der Waals surface area contributed by atoms with E-state index in [9.17, 15) is 19.5 Å². The van der Waals surface area contributed by atoms with E-state index < -0.39 is 29.4 Å². The Kier molecular flexibility index (Phi) is 3.87. The number of rotatable bonds is 4. The van der Waals surface area contributed by atoms with Gasteiger partial charge in [-0.05, 0) is 20.3 Å². The summed E-state index contributed by atoms with van der Waals surface area (Å²) < 4.78 is 0. The molecule has 1 fully saturated rings. The van der Waals surface area contributed by atoms with E-state index in [4.69, 9.17) is 0 Å². The number of aliphatic carboxylic acids is 1. The van der Waals surface area contributed by atoms with E-state index in [-0.39, 0.29) is 6.54 Å². The van der Waals surface area contributed by atoms with Crippen molar-refractivity contribution in [3.05, 3.63) is 0 Å². The Hall–Kier alpha value is -1.43. The highest BCUT2D eigenvalue weighted by molar-refractivity contribution is 6.03. The topological polar surface area (TPSA) is 86.7 Å². The highest BCUT2D eigenvalue weighted by Gasteiger charge is 2.45. The fourth-order valence-corrected chi connectivity index (χ4v) is 1.99. The molecule has 1 aliphatic rings. The number of nitrogens with one attached hydrogen (secondary N) is 1. The molecule has 0 spiro atoms. The van der Waals surface area contributed by atoms with E-state index in [1.807, 2.05) is 6.92 Å². The zero-order valence-corrected chi connectivity index (χ0v) is 10.3. The standard InChI is InChI=1S/C11H18N2O4/c1-4-5-7(9(15)16)13-6-8(14)12-10(17)11(13,2)3/h7H,4-6H2,1-3H3,(H,15,16)(H,12,14,17). The number of carboxylic acids is 1. The van der Waals surface area contributed by atoms with Gasteiger partial charge in [-0.1, -0.05) is 13.3 Å². The molecule has 0 aliphatic carbocycles. The second kappa shape index (κ2) is 4.83. The van der Waals surface area contributed by atoms with Gasteiger partial charge in [0.25, 0.3) is 0 Å². The molecule has 0 aromatic carbocycles. The van der Waals surface area contributed by atoms with Crippen molar-refractivity contribution in [1.29, 1.82) is 0 Å². The number of hydrogen-bond donors (Lipinski definition) is 2. The van der Waals surface area contributed by atoms with Gasteiger partial charge in [-0.2, -0.15) is 0 Å². The molecule has 0 radical (unpaired) electrons. The van der Waals surface area contributed by atoms with Gasteiger partial charge in [0.05, 0.1) is 12.1 Å². The van der Waals surface area contributed by atoms with Gasteiger partial charge in [-0.25, -0.2) is 0 Å². The van der Waals surface area contributed by atoms with Crippen LogP contribution in [-0.2, 0) is 14.4 Å². The summed E-state index contributed by atoms with van der Waals surface area (Å²) in [5.74, 6) is -1.89. The van der Waals surface area contributed by atoms with E-state index in [0.717, 1.165) is 0 Å². The lowest BCUT2D eigenvalue weighted by molar-refractivity contribution is -0.155. The van der Waals surface area contributed by atoms with Crippen LogP contribution in [0.2, 0.25) is 0 Å². The molecule has 0 aromatic heterocycles. The van der Waals surface area contributed by atoms with Crippen molar-refractivity contribution in [1.82, 2.24) is 10.2 Å². The van der Waals surface area contributed by atoms with Gasteiger partial charge in [0.15, 0.2) is 0 Å². The Morgan fingerprint density at radius 2 is 2.12 bits per heavy atom. The maximum absolute atomic E-state index is 11.7. The van der Waals surface area contributed by atoms with Crippen molar-refractivity contribution < 1.29 is 19.5 Å². The Morgan fingerprint density at radius 1 is 1.53 bits per heavy atom. The molecule has 6 heteroatoms. The van der Waals surface area contributed by atoms with Crippen LogP contribution in [0.4, 0.5) is 0 Å². The number of amides is 2. The minimum absolute atomic E-state index is 0.0598. The van der Waals surface area contributed by atoms with Crippen LogP contribution in [0.3, 0.4) is 0 Å². The van der Waals surface area contributed by atoms with Crippen LogP contribution in [-0.4, -0.2) is 45.9 Å². The molecule has 96 valence electrons. The average Bonchev–Trinajstić information content (AvgIpc) is 2.20. The van der Waals surface area contributed by atoms with E-state index >= 15 is 0 Å². The van der Waals surface area contributed by atoms with Crippen LogP contribution in [0, 0.1) is 0 Å². The molecule has 2 amide bonds. The lowest BCUT2D eigenvalue weighted by atomic mass is 9.94. The Labute approximate surface area is 100.0 Å². The van der Waals surface area contributed by atoms with Crippen LogP contribution in [0.15, 0.2) is 0 Å². The number of carbonyl (C=O) groups excluding carboxylic acids is 2. The van der Waals surface area contributed by atoms with Crippen molar-refractivity contribution in [2.24, 2.45) is 0 Å². The number of carboxylic acid groups (broad SMARTS) is 1. The number of imide groups is 1. The smallest absolute Gasteiger partial charge is 0.320 e. The first kappa shape index (κ1) is 13.6. The summed E-state index contributed by atoms with van der Waals surface area (Å²) >= 11 is 0. The first-order chi connectivity index (χ1) is 7.80. The molecule has 0 aromatic rings. The van der Waals surface area contributed by atoms with Crippen molar-refractivity contribution >= 4 is 17.8 Å². The predicted octanol–water partition coefficient (Wildman–Crippen LogP) is -0.0233. The molecule has 1 aliphatic heterocycles. The molecular weight excluding hydrogens is 224 g/mol. The van der Waals surface area contributed by atoms with Crippen LogP contribution in [0.5, 0.6) is 0 Å². The summed E-state index contributed by atoms with van der Waals surface area (Å²) in [5.41, 5.74) is -0.980. The van der Waals surface area contributed by atoms with Crippen LogP contribution >= 0.6 is 0 Å². The number of piperazine rings is 1. The lowest BCUT2D eigenvalue weighted by Crippen LogP contribution is -2.67. The summed E-state index contributed by atoms with van der Waals surface area (Å²) in [7, 11) is 0. The van der Waals surface area contributed by atoms with Gasteiger partial charge in [0.2, 0.25) is 11.8 Å². The maximum atomic E-state index is 11.7. The van der Waals surface area contributed by atoms with Crippen molar-refractivity contribution in [3.8, 4) is 0 Å². The van der Waals surface area contributed by atoms with E-state index in [2.05, 4.69) is 5.32 Å². The highest BCUT2D eigenvalue weighted by atomic mass is 16.4. The molecule has 1 unspecified atom stereocenters. The summed E-state index contributed by atoms with van der Waals surface area (Å²) in [6, 6.07) is -0.801. The molecule has 17 heavy (non-hydrogen) atoms.